The zero-order valence-corrected chi connectivity index (χ0v) is 20.0. The van der Waals surface area contributed by atoms with E-state index in [2.05, 4.69) is 27.9 Å². The Kier molecular flexibility index (Phi) is 5.95. The van der Waals surface area contributed by atoms with Gasteiger partial charge < -0.3 is 14.2 Å². The molecule has 35 heavy (non-hydrogen) atoms. The van der Waals surface area contributed by atoms with Crippen LogP contribution in [-0.2, 0) is 9.59 Å². The van der Waals surface area contributed by atoms with Crippen molar-refractivity contribution in [3.63, 3.8) is 0 Å². The van der Waals surface area contributed by atoms with E-state index in [1.165, 1.54) is 18.2 Å². The molecule has 4 amide bonds. The molecule has 0 aliphatic carbocycles. The van der Waals surface area contributed by atoms with Crippen molar-refractivity contribution in [2.24, 2.45) is 0 Å². The summed E-state index contributed by atoms with van der Waals surface area (Å²) >= 11 is 2.10. The second-order valence-electron chi connectivity index (χ2n) is 7.43. The molecule has 1 N–H and O–H groups in total. The van der Waals surface area contributed by atoms with Crippen molar-refractivity contribution in [2.75, 3.05) is 11.7 Å². The summed E-state index contributed by atoms with van der Waals surface area (Å²) in [6.07, 6.45) is 1.28. The van der Waals surface area contributed by atoms with E-state index in [0.29, 0.717) is 22.7 Å². The van der Waals surface area contributed by atoms with Crippen LogP contribution in [0.25, 0.3) is 6.08 Å². The summed E-state index contributed by atoms with van der Waals surface area (Å²) in [5, 5.41) is 2.18. The molecule has 0 unspecified atom stereocenters. The van der Waals surface area contributed by atoms with Gasteiger partial charge in [0.05, 0.1) is 11.3 Å². The van der Waals surface area contributed by atoms with Gasteiger partial charge in [0, 0.05) is 9.13 Å². The minimum Gasteiger partial charge on any atom is -0.454 e. The van der Waals surface area contributed by atoms with E-state index >= 15 is 0 Å². The van der Waals surface area contributed by atoms with Gasteiger partial charge in [0.1, 0.15) is 11.3 Å². The Morgan fingerprint density at radius 3 is 2.51 bits per heavy atom. The number of barbiturate groups is 1. The molecule has 0 saturated carbocycles. The fourth-order valence-electron chi connectivity index (χ4n) is 3.51. The van der Waals surface area contributed by atoms with Crippen molar-refractivity contribution < 1.29 is 33.4 Å². The second kappa shape index (κ2) is 9.22. The quantitative estimate of drug-likeness (QED) is 0.163. The van der Waals surface area contributed by atoms with Gasteiger partial charge >= 0.3 is 12.0 Å². The maximum atomic E-state index is 13.1. The molecule has 1 saturated heterocycles. The summed E-state index contributed by atoms with van der Waals surface area (Å²) < 4.78 is 17.0. The van der Waals surface area contributed by atoms with Crippen LogP contribution in [0.1, 0.15) is 15.9 Å². The van der Waals surface area contributed by atoms with Gasteiger partial charge in [-0.05, 0) is 77.2 Å². The first-order valence-corrected chi connectivity index (χ1v) is 11.4. The smallest absolute Gasteiger partial charge is 0.343 e. The highest BCUT2D eigenvalue weighted by Crippen LogP contribution is 2.33. The predicted molar refractivity (Wildman–Crippen MR) is 132 cm³/mol. The van der Waals surface area contributed by atoms with Crippen molar-refractivity contribution in [1.82, 2.24) is 5.32 Å². The Labute approximate surface area is 212 Å². The third-order valence-corrected chi connectivity index (χ3v) is 5.94. The van der Waals surface area contributed by atoms with E-state index in [1.54, 1.807) is 54.6 Å². The number of anilines is 1. The molecule has 0 bridgehead atoms. The zero-order chi connectivity index (χ0) is 24.5. The molecule has 1 fully saturated rings. The molecule has 3 aromatic rings. The molecule has 0 aromatic heterocycles. The average Bonchev–Trinajstić information content (AvgIpc) is 3.32. The van der Waals surface area contributed by atoms with Crippen molar-refractivity contribution in [2.45, 2.75) is 0 Å². The lowest BCUT2D eigenvalue weighted by molar-refractivity contribution is -0.122. The van der Waals surface area contributed by atoms with E-state index in [1.807, 2.05) is 0 Å². The van der Waals surface area contributed by atoms with Gasteiger partial charge in [-0.15, -0.1) is 0 Å². The van der Waals surface area contributed by atoms with Crippen molar-refractivity contribution in [3.8, 4) is 17.2 Å². The summed E-state index contributed by atoms with van der Waals surface area (Å²) in [4.78, 5) is 51.7. The molecular formula is C25H15IN2O7. The summed E-state index contributed by atoms with van der Waals surface area (Å²) in [7, 11) is 0. The van der Waals surface area contributed by atoms with Gasteiger partial charge in [-0.1, -0.05) is 18.2 Å². The standard InChI is InChI=1S/C25H15IN2O7/c26-16-6-8-17(9-7-16)28-23(30)18(22(29)27-25(28)32)11-14-3-1-2-4-19(14)35-24(31)15-5-10-20-21(12-15)34-13-33-20/h1-12H,13H2,(H,27,29,32)/b18-11-. The molecule has 0 atom stereocenters. The number of rotatable bonds is 4. The Morgan fingerprint density at radius 1 is 0.971 bits per heavy atom. The SMILES string of the molecule is O=C1NC(=O)N(c2ccc(I)cc2)C(=O)/C1=C\c1ccccc1OC(=O)c1ccc2c(c1)OCO2. The van der Waals surface area contributed by atoms with Crippen LogP contribution in [-0.4, -0.2) is 30.6 Å². The Bertz CT molecular complexity index is 1420. The maximum Gasteiger partial charge on any atom is 0.343 e. The fraction of sp³-hybridized carbons (Fsp3) is 0.0400. The Hall–Kier alpha value is -4.19. The lowest BCUT2D eigenvalue weighted by Gasteiger charge is -2.26. The van der Waals surface area contributed by atoms with Gasteiger partial charge in [0.2, 0.25) is 6.79 Å². The fourth-order valence-corrected chi connectivity index (χ4v) is 3.87. The number of fused-ring (bicyclic) bond motifs is 1. The van der Waals surface area contributed by atoms with Crippen molar-refractivity contribution in [1.29, 1.82) is 0 Å². The lowest BCUT2D eigenvalue weighted by atomic mass is 10.1. The Morgan fingerprint density at radius 2 is 1.71 bits per heavy atom. The molecule has 0 spiro atoms. The molecule has 2 aliphatic heterocycles. The first-order chi connectivity index (χ1) is 16.9. The molecule has 2 aliphatic rings. The van der Waals surface area contributed by atoms with E-state index in [0.717, 1.165) is 8.47 Å². The average molecular weight is 582 g/mol. The van der Waals surface area contributed by atoms with E-state index < -0.39 is 23.8 Å². The second-order valence-corrected chi connectivity index (χ2v) is 8.68. The highest BCUT2D eigenvalue weighted by atomic mass is 127. The van der Waals surface area contributed by atoms with Crippen molar-refractivity contribution >= 4 is 58.2 Å². The van der Waals surface area contributed by atoms with Crippen LogP contribution in [0, 0.1) is 3.57 Å². The molecule has 10 heteroatoms. The van der Waals surface area contributed by atoms with Gasteiger partial charge in [-0.25, -0.2) is 14.5 Å². The Balaban J connectivity index is 1.44. The van der Waals surface area contributed by atoms with Crippen molar-refractivity contribution in [3.05, 3.63) is 87.0 Å². The number of hydrogen-bond donors (Lipinski definition) is 1. The van der Waals surface area contributed by atoms with E-state index in [9.17, 15) is 19.2 Å². The molecule has 5 rings (SSSR count). The molecule has 0 radical (unpaired) electrons. The molecule has 174 valence electrons. The van der Waals surface area contributed by atoms with Crippen LogP contribution < -0.4 is 24.4 Å². The number of esters is 1. The number of nitrogens with zero attached hydrogens (tertiary/aromatic N) is 1. The summed E-state index contributed by atoms with van der Waals surface area (Å²) in [5.74, 6) is -1.22. The summed E-state index contributed by atoms with van der Waals surface area (Å²) in [6, 6.07) is 16.9. The first kappa shape index (κ1) is 22.6. The van der Waals surface area contributed by atoms with Crippen LogP contribution in [0.5, 0.6) is 17.2 Å². The normalized spacial score (nSPS) is 15.9. The highest BCUT2D eigenvalue weighted by Gasteiger charge is 2.37. The third-order valence-electron chi connectivity index (χ3n) is 5.22. The van der Waals surface area contributed by atoms with Gasteiger partial charge in [-0.3, -0.25) is 14.9 Å². The zero-order valence-electron chi connectivity index (χ0n) is 17.8. The van der Waals surface area contributed by atoms with Crippen LogP contribution in [0.3, 0.4) is 0 Å². The number of urea groups is 1. The number of nitrogens with one attached hydrogen (secondary N) is 1. The number of carbonyl (C=O) groups is 4. The lowest BCUT2D eigenvalue weighted by Crippen LogP contribution is -2.54. The van der Waals surface area contributed by atoms with E-state index in [4.69, 9.17) is 14.2 Å². The van der Waals surface area contributed by atoms with Crippen LogP contribution in [0.2, 0.25) is 0 Å². The number of benzene rings is 3. The van der Waals surface area contributed by atoms with Crippen LogP contribution in [0.4, 0.5) is 10.5 Å². The number of halogens is 1. The monoisotopic (exact) mass is 582 g/mol. The number of carbonyl (C=O) groups excluding carboxylic acids is 4. The van der Waals surface area contributed by atoms with Crippen LogP contribution in [0.15, 0.2) is 72.3 Å². The van der Waals surface area contributed by atoms with E-state index in [-0.39, 0.29) is 23.7 Å². The van der Waals surface area contributed by atoms with Gasteiger partial charge in [0.15, 0.2) is 11.5 Å². The topological polar surface area (TPSA) is 111 Å². The minimum atomic E-state index is -0.848. The molecule has 2 heterocycles. The summed E-state index contributed by atoms with van der Waals surface area (Å²) in [6.45, 7) is 0.0715. The maximum absolute atomic E-state index is 13.1. The number of imide groups is 2. The number of ether oxygens (including phenoxy) is 3. The number of amides is 4. The number of para-hydroxylation sites is 1. The summed E-state index contributed by atoms with van der Waals surface area (Å²) in [5.41, 5.74) is 0.569. The molecule has 3 aromatic carbocycles. The van der Waals surface area contributed by atoms with Gasteiger partial charge in [0.25, 0.3) is 11.8 Å². The number of hydrogen-bond acceptors (Lipinski definition) is 7. The van der Waals surface area contributed by atoms with Crippen LogP contribution >= 0.6 is 22.6 Å². The first-order valence-electron chi connectivity index (χ1n) is 10.3. The third kappa shape index (κ3) is 4.47. The molecule has 9 nitrogen and oxygen atoms in total. The minimum absolute atomic E-state index is 0.0715. The highest BCUT2D eigenvalue weighted by molar-refractivity contribution is 14.1. The molecular weight excluding hydrogens is 567 g/mol. The predicted octanol–water partition coefficient (Wildman–Crippen LogP) is 3.91. The largest absolute Gasteiger partial charge is 0.454 e. The van der Waals surface area contributed by atoms with Gasteiger partial charge in [-0.2, -0.15) is 0 Å².